The van der Waals surface area contributed by atoms with Gasteiger partial charge in [-0.1, -0.05) is 168 Å². The third kappa shape index (κ3) is 21.3. The Labute approximate surface area is 728 Å². The molecule has 13 aromatic rings. The fraction of sp³-hybridized carbons (Fsp3) is 0.333. The highest BCUT2D eigenvalue weighted by atomic mass is 79.9. The molecule has 0 saturated heterocycles. The fourth-order valence-corrected chi connectivity index (χ4v) is 16.4. The summed E-state index contributed by atoms with van der Waals surface area (Å²) in [5.74, 6) is -2.23. The molecular weight excluding hydrogens is 1590 g/mol. The van der Waals surface area contributed by atoms with E-state index in [0.717, 1.165) is 160 Å². The van der Waals surface area contributed by atoms with E-state index >= 15 is 0 Å². The molecular formula is C105H121BrN4O12. The van der Waals surface area contributed by atoms with E-state index in [-0.39, 0.29) is 0 Å². The van der Waals surface area contributed by atoms with Gasteiger partial charge in [0.1, 0.15) is 0 Å². The van der Waals surface area contributed by atoms with E-state index in [4.69, 9.17) is 38.9 Å². The number of esters is 3. The van der Waals surface area contributed by atoms with Gasteiger partial charge in [-0.05, 0) is 308 Å². The summed E-state index contributed by atoms with van der Waals surface area (Å²) in [7, 11) is 4.19. The highest BCUT2D eigenvalue weighted by Crippen LogP contribution is 2.49. The van der Waals surface area contributed by atoms with Gasteiger partial charge in [-0.3, -0.25) is 0 Å². The third-order valence-corrected chi connectivity index (χ3v) is 22.3. The Balaban J connectivity index is 0.000000171. The first-order valence-corrected chi connectivity index (χ1v) is 42.1. The molecule has 122 heavy (non-hydrogen) atoms. The maximum absolute atomic E-state index is 13.0. The van der Waals surface area contributed by atoms with Crippen molar-refractivity contribution >= 4 is 100 Å². The number of carboxylic acids is 1. The average Bonchev–Trinajstić information content (AvgIpc) is 1.55. The Morgan fingerprint density at radius 2 is 0.656 bits per heavy atom. The first-order chi connectivity index (χ1) is 57.3. The number of methoxy groups -OCH3 is 3. The van der Waals surface area contributed by atoms with Crippen molar-refractivity contribution < 1.29 is 57.4 Å². The second-order valence-electron chi connectivity index (χ2n) is 35.7. The van der Waals surface area contributed by atoms with Gasteiger partial charge in [0.15, 0.2) is 24.4 Å². The molecule has 16 nitrogen and oxygen atoms in total. The number of nitrogens with one attached hydrogen (secondary N) is 3. The highest BCUT2D eigenvalue weighted by molar-refractivity contribution is 9.10. The zero-order valence-corrected chi connectivity index (χ0v) is 77.6. The lowest BCUT2D eigenvalue weighted by atomic mass is 9.85. The van der Waals surface area contributed by atoms with Crippen molar-refractivity contribution in [3.05, 3.63) is 275 Å². The standard InChI is InChI=1S/C28H32BrNO3.C28H31NO3.C27H29NO3.C22H29NO3/c1-17-12-14-20(15-13-17)24-18(2)16-23(30-22-11-9-8-10-21(22)29)19(3)25(24)26(27(31)32-7)33-28(4,5)6;1-16-12-14-19(15-13-16)22-17(2)23-20-10-8-9-11-21(20)29-25(23)18(3)24(22)26(27(30)31-7)32-28(4,5)6;1-15-11-13-18(14-12-15)21-16(2)22-19-9-7-8-10-20(19)28-24(22)17(3)23(21)25(26(29)30)31-27(4,5)6;1-13-8-10-16(11-9-13)18-14(2)12-17(23)15(3)19(18)20(21(24)25-7)26-22(4,5)6/h8-16,26,30H,1-7H3;8-15,26,29H,1-7H3;7-14,25,28H,1-6H3,(H,29,30);8-12,20H,23H2,1-7H3/t2*26-;25-;20-/m0000/s1. The van der Waals surface area contributed by atoms with Gasteiger partial charge >= 0.3 is 23.9 Å². The number of rotatable bonds is 18. The Morgan fingerprint density at radius 1 is 0.361 bits per heavy atom. The number of halogens is 1. The summed E-state index contributed by atoms with van der Waals surface area (Å²) in [5.41, 5.74) is 34.4. The van der Waals surface area contributed by atoms with Crippen molar-refractivity contribution in [1.82, 2.24) is 9.97 Å². The minimum atomic E-state index is -1.08. The Kier molecular flexibility index (Phi) is 29.1. The number of aromatic amines is 2. The van der Waals surface area contributed by atoms with Crippen LogP contribution in [0.25, 0.3) is 88.1 Å². The zero-order chi connectivity index (χ0) is 89.7. The molecule has 0 fully saturated rings. The van der Waals surface area contributed by atoms with E-state index in [9.17, 15) is 24.3 Å². The van der Waals surface area contributed by atoms with Crippen molar-refractivity contribution in [2.45, 2.75) is 213 Å². The maximum atomic E-state index is 13.0. The Morgan fingerprint density at radius 3 is 0.992 bits per heavy atom. The van der Waals surface area contributed by atoms with Crippen LogP contribution in [-0.4, -0.2) is 82.7 Å². The number of aryl methyl sites for hydroxylation is 10. The molecule has 0 saturated carbocycles. The minimum Gasteiger partial charge on any atom is -0.479 e. The quantitative estimate of drug-likeness (QED) is 0.0306. The molecule has 640 valence electrons. The maximum Gasteiger partial charge on any atom is 0.339 e. The fourth-order valence-electron chi connectivity index (χ4n) is 16.0. The molecule has 4 atom stereocenters. The molecule has 0 aliphatic heterocycles. The number of ether oxygens (including phenoxy) is 7. The van der Waals surface area contributed by atoms with E-state index in [1.54, 1.807) is 0 Å². The van der Waals surface area contributed by atoms with E-state index < -0.39 is 70.7 Å². The number of fused-ring (bicyclic) bond motifs is 6. The Hall–Kier alpha value is -11.2. The van der Waals surface area contributed by atoms with Crippen molar-refractivity contribution in [2.75, 3.05) is 32.4 Å². The first kappa shape index (κ1) is 93.1. The molecule has 11 aromatic carbocycles. The summed E-state index contributed by atoms with van der Waals surface area (Å²) in [4.78, 5) is 58.3. The lowest BCUT2D eigenvalue weighted by Gasteiger charge is -2.30. The normalized spacial score (nSPS) is 12.8. The lowest BCUT2D eigenvalue weighted by Crippen LogP contribution is -2.29. The summed E-state index contributed by atoms with van der Waals surface area (Å²) in [6.45, 7) is 47.6. The van der Waals surface area contributed by atoms with Gasteiger partial charge in [-0.15, -0.1) is 0 Å². The van der Waals surface area contributed by atoms with Crippen LogP contribution in [0.3, 0.4) is 0 Å². The first-order valence-electron chi connectivity index (χ1n) is 41.3. The van der Waals surface area contributed by atoms with Crippen LogP contribution < -0.4 is 11.1 Å². The van der Waals surface area contributed by atoms with Crippen LogP contribution in [0.15, 0.2) is 186 Å². The third-order valence-electron chi connectivity index (χ3n) is 21.6. The van der Waals surface area contributed by atoms with E-state index in [2.05, 4.69) is 213 Å². The summed E-state index contributed by atoms with van der Waals surface area (Å²) < 4.78 is 41.3. The van der Waals surface area contributed by atoms with Gasteiger partial charge in [0.25, 0.3) is 0 Å². The number of H-pyrrole nitrogens is 2. The molecule has 0 bridgehead atoms. The summed E-state index contributed by atoms with van der Waals surface area (Å²) in [6.07, 6.45) is -3.64. The molecule has 17 heteroatoms. The molecule has 0 amide bonds. The smallest absolute Gasteiger partial charge is 0.339 e. The molecule has 0 aliphatic carbocycles. The van der Waals surface area contributed by atoms with Crippen molar-refractivity contribution in [2.24, 2.45) is 0 Å². The number of nitrogen functional groups attached to an aromatic ring is 1. The van der Waals surface area contributed by atoms with Crippen LogP contribution in [-0.2, 0) is 52.3 Å². The van der Waals surface area contributed by atoms with Crippen LogP contribution in [0.5, 0.6) is 0 Å². The second kappa shape index (κ2) is 38.1. The number of para-hydroxylation sites is 3. The van der Waals surface area contributed by atoms with Gasteiger partial charge in [-0.25, -0.2) is 19.2 Å². The number of benzene rings is 11. The van der Waals surface area contributed by atoms with Crippen LogP contribution in [0, 0.1) is 83.1 Å². The largest absolute Gasteiger partial charge is 0.479 e. The number of carbonyl (C=O) groups is 4. The molecule has 13 rings (SSSR count). The molecule has 0 radical (unpaired) electrons. The number of hydrogen-bond donors (Lipinski definition) is 5. The number of carbonyl (C=O) groups excluding carboxylic acids is 3. The van der Waals surface area contributed by atoms with Crippen LogP contribution >= 0.6 is 15.9 Å². The average molecular weight is 1710 g/mol. The van der Waals surface area contributed by atoms with Crippen molar-refractivity contribution in [3.63, 3.8) is 0 Å². The number of anilines is 3. The summed E-state index contributed by atoms with van der Waals surface area (Å²) in [5, 5.41) is 18.4. The van der Waals surface area contributed by atoms with Crippen molar-refractivity contribution in [1.29, 1.82) is 0 Å². The topological polar surface area (TPSA) is 223 Å². The van der Waals surface area contributed by atoms with E-state index in [1.807, 2.05) is 166 Å². The highest BCUT2D eigenvalue weighted by Gasteiger charge is 2.39. The molecule has 0 aliphatic rings. The lowest BCUT2D eigenvalue weighted by molar-refractivity contribution is -0.164. The van der Waals surface area contributed by atoms with Gasteiger partial charge in [0.2, 0.25) is 0 Å². The number of carboxylic acid groups (broad SMARTS) is 1. The van der Waals surface area contributed by atoms with Crippen molar-refractivity contribution in [3.8, 4) is 44.5 Å². The second-order valence-corrected chi connectivity index (χ2v) is 36.5. The summed E-state index contributed by atoms with van der Waals surface area (Å²) >= 11 is 3.62. The summed E-state index contributed by atoms with van der Waals surface area (Å²) in [6, 6.07) is 61.8. The number of hydrogen-bond acceptors (Lipinski definition) is 13. The number of aromatic nitrogens is 2. The predicted octanol–water partition coefficient (Wildman–Crippen LogP) is 26.5. The molecule has 6 N–H and O–H groups in total. The Bertz CT molecular complexity index is 6010. The minimum absolute atomic E-state index is 0.397. The molecule has 2 aromatic heterocycles. The van der Waals surface area contributed by atoms with Crippen LogP contribution in [0.1, 0.15) is 197 Å². The van der Waals surface area contributed by atoms with Gasteiger partial charge in [-0.2, -0.15) is 0 Å². The van der Waals surface area contributed by atoms with Crippen LogP contribution in [0.4, 0.5) is 17.1 Å². The molecule has 0 unspecified atom stereocenters. The van der Waals surface area contributed by atoms with E-state index in [0.29, 0.717) is 11.3 Å². The SMILES string of the molecule is COC(=O)[C@@H](OC(C)(C)C)c1c(-c2ccc(C)cc2)c(C)c2c([nH]c3ccccc32)c1C.COC(=O)[C@@H](OC(C)(C)C)c1c(C)c(N)cc(C)c1-c1ccc(C)cc1.COC(=O)[C@@H](OC(C)(C)C)c1c(C)c(Nc2ccccc2Br)cc(C)c1-c1ccc(C)cc1.Cc1ccc(-c2c([C@H](OC(C)(C)C)C(=O)O)c(C)c3[nH]c4ccccc4c3c2C)cc1. The van der Waals surface area contributed by atoms with Gasteiger partial charge in [0.05, 0.1) is 60.5 Å². The van der Waals surface area contributed by atoms with Gasteiger partial charge < -0.3 is 59.3 Å². The zero-order valence-electron chi connectivity index (χ0n) is 76.0. The number of nitrogens with two attached hydrogens (primary N) is 1. The van der Waals surface area contributed by atoms with E-state index in [1.165, 1.54) is 48.8 Å². The van der Waals surface area contributed by atoms with Gasteiger partial charge in [0, 0.05) is 70.7 Å². The predicted molar refractivity (Wildman–Crippen MR) is 503 cm³/mol. The monoisotopic (exact) mass is 1710 g/mol. The number of aliphatic carboxylic acids is 1. The van der Waals surface area contributed by atoms with Crippen LogP contribution in [0.2, 0.25) is 0 Å². The molecule has 0 spiro atoms. The molecule has 2 heterocycles.